The third-order valence-electron chi connectivity index (χ3n) is 7.08. The Morgan fingerprint density at radius 3 is 2.93 bits per heavy atom. The topological polar surface area (TPSA) is 108 Å². The van der Waals surface area contributed by atoms with Crippen LogP contribution in [0.5, 0.6) is 0 Å². The van der Waals surface area contributed by atoms with Crippen LogP contribution in [0.2, 0.25) is 0 Å². The van der Waals surface area contributed by atoms with Gasteiger partial charge in [0.1, 0.15) is 6.10 Å². The summed E-state index contributed by atoms with van der Waals surface area (Å²) >= 11 is 0. The highest BCUT2D eigenvalue weighted by atomic mass is 16.5. The molecule has 2 saturated carbocycles. The molecule has 3 N–H and O–H groups in total. The fraction of sp³-hybridized carbons (Fsp3) is 0.750. The van der Waals surface area contributed by atoms with Crippen molar-refractivity contribution in [3.63, 3.8) is 0 Å². The molecule has 28 heavy (non-hydrogen) atoms. The van der Waals surface area contributed by atoms with Crippen molar-refractivity contribution in [3.05, 3.63) is 18.2 Å². The van der Waals surface area contributed by atoms with Gasteiger partial charge in [0.25, 0.3) is 0 Å². The number of aromatic nitrogens is 2. The van der Waals surface area contributed by atoms with Gasteiger partial charge in [-0.05, 0) is 44.4 Å². The summed E-state index contributed by atoms with van der Waals surface area (Å²) in [6.07, 6.45) is 8.12. The molecule has 1 saturated heterocycles. The van der Waals surface area contributed by atoms with Crippen LogP contribution < -0.4 is 5.32 Å². The van der Waals surface area contributed by atoms with E-state index in [1.165, 1.54) is 6.33 Å². The summed E-state index contributed by atoms with van der Waals surface area (Å²) in [7, 11) is 1.74. The Morgan fingerprint density at radius 1 is 1.43 bits per heavy atom. The molecule has 1 aromatic rings. The molecule has 2 amide bonds. The lowest BCUT2D eigenvalue weighted by Crippen LogP contribution is -2.55. The number of hydrogen-bond acceptors (Lipinski definition) is 5. The van der Waals surface area contributed by atoms with Crippen molar-refractivity contribution in [3.8, 4) is 0 Å². The number of nitrogens with one attached hydrogen (secondary N) is 2. The van der Waals surface area contributed by atoms with E-state index < -0.39 is 12.0 Å². The normalized spacial score (nSPS) is 32.6. The number of aromatic amines is 1. The Balaban J connectivity index is 1.33. The third kappa shape index (κ3) is 3.33. The van der Waals surface area contributed by atoms with Crippen LogP contribution in [0.1, 0.15) is 44.2 Å². The number of fused-ring (bicyclic) bond motifs is 1. The average Bonchev–Trinajstić information content (AvgIpc) is 3.39. The molecule has 0 bridgehead atoms. The van der Waals surface area contributed by atoms with Gasteiger partial charge in [0.2, 0.25) is 11.8 Å². The molecule has 2 heterocycles. The lowest BCUT2D eigenvalue weighted by atomic mass is 9.60. The molecule has 1 unspecified atom stereocenters. The number of aliphatic hydroxyl groups is 1. The van der Waals surface area contributed by atoms with Crippen molar-refractivity contribution in [2.45, 2.75) is 63.2 Å². The van der Waals surface area contributed by atoms with Crippen molar-refractivity contribution in [1.82, 2.24) is 20.2 Å². The fourth-order valence-corrected chi connectivity index (χ4v) is 5.40. The molecule has 2 aliphatic carbocycles. The van der Waals surface area contributed by atoms with Crippen molar-refractivity contribution in [2.24, 2.45) is 11.3 Å². The summed E-state index contributed by atoms with van der Waals surface area (Å²) in [6, 6.07) is 0.00743. The third-order valence-corrected chi connectivity index (χ3v) is 7.08. The summed E-state index contributed by atoms with van der Waals surface area (Å²) in [5.74, 6) is 0.184. The van der Waals surface area contributed by atoms with Gasteiger partial charge in [-0.3, -0.25) is 9.59 Å². The minimum atomic E-state index is -1.13. The van der Waals surface area contributed by atoms with Gasteiger partial charge in [-0.1, -0.05) is 0 Å². The first-order chi connectivity index (χ1) is 13.5. The molecule has 3 aliphatic rings. The van der Waals surface area contributed by atoms with Crippen molar-refractivity contribution < 1.29 is 19.4 Å². The Morgan fingerprint density at radius 2 is 2.25 bits per heavy atom. The Bertz CT molecular complexity index is 709. The molecule has 3 fully saturated rings. The summed E-state index contributed by atoms with van der Waals surface area (Å²) < 4.78 is 5.60. The van der Waals surface area contributed by atoms with E-state index >= 15 is 0 Å². The van der Waals surface area contributed by atoms with E-state index in [2.05, 4.69) is 15.3 Å². The van der Waals surface area contributed by atoms with Gasteiger partial charge in [0.15, 0.2) is 0 Å². The Kier molecular flexibility index (Phi) is 5.42. The first-order valence-corrected chi connectivity index (χ1v) is 10.3. The zero-order chi connectivity index (χ0) is 19.7. The zero-order valence-corrected chi connectivity index (χ0v) is 16.4. The number of ether oxygens (including phenoxy) is 1. The van der Waals surface area contributed by atoms with Crippen LogP contribution in [0.15, 0.2) is 12.5 Å². The predicted octanol–water partition coefficient (Wildman–Crippen LogP) is 0.626. The van der Waals surface area contributed by atoms with Gasteiger partial charge in [-0.25, -0.2) is 4.98 Å². The summed E-state index contributed by atoms with van der Waals surface area (Å²) in [4.78, 5) is 34.4. The molecule has 0 spiro atoms. The number of carbonyl (C=O) groups is 2. The molecular formula is C20H30N4O4. The van der Waals surface area contributed by atoms with Crippen LogP contribution in [0.25, 0.3) is 0 Å². The Labute approximate surface area is 165 Å². The van der Waals surface area contributed by atoms with Crippen LogP contribution in [-0.2, 0) is 20.7 Å². The fourth-order valence-electron chi connectivity index (χ4n) is 5.40. The van der Waals surface area contributed by atoms with Gasteiger partial charge in [0.05, 0.1) is 17.8 Å². The molecule has 154 valence electrons. The number of methoxy groups -OCH3 is 1. The lowest BCUT2D eigenvalue weighted by Gasteiger charge is -2.47. The minimum Gasteiger partial charge on any atom is -0.383 e. The predicted molar refractivity (Wildman–Crippen MR) is 101 cm³/mol. The van der Waals surface area contributed by atoms with E-state index in [0.29, 0.717) is 18.2 Å². The highest BCUT2D eigenvalue weighted by Gasteiger charge is 2.61. The first kappa shape index (κ1) is 19.4. The minimum absolute atomic E-state index is 0.00743. The van der Waals surface area contributed by atoms with Crippen LogP contribution in [0, 0.1) is 11.3 Å². The summed E-state index contributed by atoms with van der Waals surface area (Å²) in [6.45, 7) is 1.14. The zero-order valence-electron chi connectivity index (χ0n) is 16.4. The van der Waals surface area contributed by atoms with Gasteiger partial charge in [-0.2, -0.15) is 0 Å². The van der Waals surface area contributed by atoms with Gasteiger partial charge in [-0.15, -0.1) is 0 Å². The van der Waals surface area contributed by atoms with Gasteiger partial charge in [0, 0.05) is 44.6 Å². The lowest BCUT2D eigenvalue weighted by molar-refractivity contribution is -0.156. The number of imidazole rings is 1. The summed E-state index contributed by atoms with van der Waals surface area (Å²) in [5, 5.41) is 12.9. The molecule has 5 atom stereocenters. The van der Waals surface area contributed by atoms with Crippen LogP contribution in [0.4, 0.5) is 0 Å². The maximum absolute atomic E-state index is 13.4. The van der Waals surface area contributed by atoms with E-state index in [1.54, 1.807) is 13.3 Å². The SMILES string of the molecule is CO[C@@H]1CC[C@@]2(C(=O)N3CCCC3CNC(=O)[C@H](O)Cc3cnc[nH]3)CC[C@@H]12. The number of aliphatic hydroxyl groups excluding tert-OH is 1. The molecule has 1 aromatic heterocycles. The van der Waals surface area contributed by atoms with E-state index in [0.717, 1.165) is 45.1 Å². The highest BCUT2D eigenvalue weighted by molar-refractivity contribution is 5.85. The number of hydrogen-bond donors (Lipinski definition) is 3. The van der Waals surface area contributed by atoms with E-state index in [-0.39, 0.29) is 29.9 Å². The average molecular weight is 390 g/mol. The quantitative estimate of drug-likeness (QED) is 0.633. The number of H-pyrrole nitrogens is 1. The number of nitrogens with zero attached hydrogens (tertiary/aromatic N) is 2. The van der Waals surface area contributed by atoms with Crippen molar-refractivity contribution in [2.75, 3.05) is 20.2 Å². The molecular weight excluding hydrogens is 360 g/mol. The molecule has 4 rings (SSSR count). The van der Waals surface area contributed by atoms with Gasteiger partial charge < -0.3 is 25.0 Å². The molecule has 0 aromatic carbocycles. The maximum Gasteiger partial charge on any atom is 0.249 e. The maximum atomic E-state index is 13.4. The Hall–Kier alpha value is -1.93. The number of amides is 2. The van der Waals surface area contributed by atoms with Crippen LogP contribution in [-0.4, -0.2) is 70.2 Å². The first-order valence-electron chi connectivity index (χ1n) is 10.3. The van der Waals surface area contributed by atoms with Crippen LogP contribution in [0.3, 0.4) is 0 Å². The monoisotopic (exact) mass is 390 g/mol. The second-order valence-electron chi connectivity index (χ2n) is 8.45. The smallest absolute Gasteiger partial charge is 0.249 e. The van der Waals surface area contributed by atoms with Gasteiger partial charge >= 0.3 is 0 Å². The highest BCUT2D eigenvalue weighted by Crippen LogP contribution is 2.59. The largest absolute Gasteiger partial charge is 0.383 e. The molecule has 8 heteroatoms. The van der Waals surface area contributed by atoms with Crippen molar-refractivity contribution >= 4 is 11.8 Å². The second kappa shape index (κ2) is 7.83. The standard InChI is InChI=1S/C20H30N4O4/c1-28-17-5-7-20(6-4-15(17)20)19(27)24-8-2-3-14(24)11-22-18(26)16(25)9-13-10-21-12-23-13/h10,12,14-17,25H,2-9,11H2,1H3,(H,21,23)(H,22,26)/t14?,15-,16+,17+,20-/m0/s1. The summed E-state index contributed by atoms with van der Waals surface area (Å²) in [5.41, 5.74) is 0.470. The molecule has 0 radical (unpaired) electrons. The van der Waals surface area contributed by atoms with Crippen LogP contribution >= 0.6 is 0 Å². The van der Waals surface area contributed by atoms with Crippen molar-refractivity contribution in [1.29, 1.82) is 0 Å². The number of likely N-dealkylation sites (tertiary alicyclic amines) is 1. The second-order valence-corrected chi connectivity index (χ2v) is 8.45. The number of carbonyl (C=O) groups excluding carboxylic acids is 2. The van der Waals surface area contributed by atoms with E-state index in [9.17, 15) is 14.7 Å². The molecule has 1 aliphatic heterocycles. The van der Waals surface area contributed by atoms with E-state index in [4.69, 9.17) is 4.74 Å². The number of rotatable bonds is 7. The molecule has 8 nitrogen and oxygen atoms in total. The van der Waals surface area contributed by atoms with E-state index in [1.807, 2.05) is 4.90 Å².